The number of hydrogen-bond donors (Lipinski definition) is 2. The molecule has 19 heavy (non-hydrogen) atoms. The summed E-state index contributed by atoms with van der Waals surface area (Å²) in [5, 5.41) is 13.6. The van der Waals surface area contributed by atoms with Crippen LogP contribution in [-0.2, 0) is 6.54 Å². The number of pyridine rings is 1. The molecule has 0 fully saturated rings. The molecule has 0 bridgehead atoms. The predicted octanol–water partition coefficient (Wildman–Crippen LogP) is 2.60. The van der Waals surface area contributed by atoms with E-state index in [9.17, 15) is 5.11 Å². The van der Waals surface area contributed by atoms with Gasteiger partial charge in [0.1, 0.15) is 0 Å². The van der Waals surface area contributed by atoms with Crippen molar-refractivity contribution in [1.29, 1.82) is 0 Å². The Morgan fingerprint density at radius 1 is 1.21 bits per heavy atom. The lowest BCUT2D eigenvalue weighted by atomic mass is 10.0. The second-order valence-corrected chi connectivity index (χ2v) is 4.89. The van der Waals surface area contributed by atoms with E-state index in [4.69, 9.17) is 0 Å². The van der Waals surface area contributed by atoms with Gasteiger partial charge in [-0.05, 0) is 31.0 Å². The third-order valence-corrected chi connectivity index (χ3v) is 3.24. The molecular weight excluding hydrogens is 236 g/mol. The Morgan fingerprint density at radius 3 is 2.58 bits per heavy atom. The van der Waals surface area contributed by atoms with Crippen LogP contribution in [-0.4, -0.2) is 16.1 Å². The van der Waals surface area contributed by atoms with Crippen molar-refractivity contribution in [3.8, 4) is 0 Å². The topological polar surface area (TPSA) is 45.1 Å². The molecule has 2 atom stereocenters. The van der Waals surface area contributed by atoms with Gasteiger partial charge in [-0.3, -0.25) is 4.98 Å². The molecule has 3 nitrogen and oxygen atoms in total. The molecule has 0 saturated heterocycles. The van der Waals surface area contributed by atoms with Crippen molar-refractivity contribution in [1.82, 2.24) is 10.3 Å². The smallest absolute Gasteiger partial charge is 0.0940 e. The number of benzene rings is 1. The highest BCUT2D eigenvalue weighted by Gasteiger charge is 2.15. The predicted molar refractivity (Wildman–Crippen MR) is 76.7 cm³/mol. The van der Waals surface area contributed by atoms with Crippen LogP contribution in [0.3, 0.4) is 0 Å². The van der Waals surface area contributed by atoms with Crippen molar-refractivity contribution in [3.05, 3.63) is 65.5 Å². The van der Waals surface area contributed by atoms with Gasteiger partial charge in [0.2, 0.25) is 0 Å². The van der Waals surface area contributed by atoms with E-state index >= 15 is 0 Å². The summed E-state index contributed by atoms with van der Waals surface area (Å²) in [6.45, 7) is 4.74. The summed E-state index contributed by atoms with van der Waals surface area (Å²) in [6.07, 6.45) is 3.09. The fraction of sp³-hybridized carbons (Fsp3) is 0.312. The monoisotopic (exact) mass is 256 g/mol. The fourth-order valence-electron chi connectivity index (χ4n) is 1.95. The molecule has 0 aliphatic heterocycles. The lowest BCUT2D eigenvalue weighted by Gasteiger charge is -2.20. The number of rotatable bonds is 5. The molecular formula is C16H20N2O. The molecule has 100 valence electrons. The molecule has 2 aromatic rings. The van der Waals surface area contributed by atoms with Gasteiger partial charge in [0.05, 0.1) is 6.10 Å². The SMILES string of the molecule is Cc1ccc(C(O)C(C)NCc2cccnc2)cc1. The second-order valence-electron chi connectivity index (χ2n) is 4.89. The highest BCUT2D eigenvalue weighted by Crippen LogP contribution is 2.17. The van der Waals surface area contributed by atoms with Crippen molar-refractivity contribution in [2.45, 2.75) is 32.5 Å². The van der Waals surface area contributed by atoms with Crippen LogP contribution in [0, 0.1) is 6.92 Å². The summed E-state index contributed by atoms with van der Waals surface area (Å²) in [7, 11) is 0. The van der Waals surface area contributed by atoms with E-state index in [1.807, 2.05) is 56.4 Å². The van der Waals surface area contributed by atoms with Crippen LogP contribution in [0.25, 0.3) is 0 Å². The van der Waals surface area contributed by atoms with Gasteiger partial charge in [-0.1, -0.05) is 35.9 Å². The average molecular weight is 256 g/mol. The Bertz CT molecular complexity index is 496. The third kappa shape index (κ3) is 3.88. The Hall–Kier alpha value is -1.71. The molecule has 0 spiro atoms. The molecule has 1 aromatic heterocycles. The van der Waals surface area contributed by atoms with Gasteiger partial charge in [0, 0.05) is 25.0 Å². The first kappa shape index (κ1) is 13.7. The standard InChI is InChI=1S/C16H20N2O/c1-12-5-7-15(8-6-12)16(19)13(2)18-11-14-4-3-9-17-10-14/h3-10,13,16,18-19H,11H2,1-2H3. The van der Waals surface area contributed by atoms with Gasteiger partial charge in [0.25, 0.3) is 0 Å². The van der Waals surface area contributed by atoms with Crippen molar-refractivity contribution in [2.75, 3.05) is 0 Å². The number of aliphatic hydroxyl groups excluding tert-OH is 1. The Balaban J connectivity index is 1.92. The highest BCUT2D eigenvalue weighted by atomic mass is 16.3. The maximum atomic E-state index is 10.3. The molecule has 2 rings (SSSR count). The summed E-state index contributed by atoms with van der Waals surface area (Å²) >= 11 is 0. The van der Waals surface area contributed by atoms with Crippen LogP contribution in [0.4, 0.5) is 0 Å². The van der Waals surface area contributed by atoms with Crippen LogP contribution in [0.1, 0.15) is 29.7 Å². The van der Waals surface area contributed by atoms with E-state index in [-0.39, 0.29) is 6.04 Å². The van der Waals surface area contributed by atoms with Crippen molar-refractivity contribution in [2.24, 2.45) is 0 Å². The maximum absolute atomic E-state index is 10.3. The molecule has 2 N–H and O–H groups in total. The molecule has 0 radical (unpaired) electrons. The Labute approximate surface area is 114 Å². The number of nitrogens with zero attached hydrogens (tertiary/aromatic N) is 1. The van der Waals surface area contributed by atoms with Gasteiger partial charge in [-0.25, -0.2) is 0 Å². The molecule has 0 saturated carbocycles. The van der Waals surface area contributed by atoms with Gasteiger partial charge >= 0.3 is 0 Å². The molecule has 0 aliphatic carbocycles. The molecule has 3 heteroatoms. The molecule has 0 aliphatic rings. The number of aromatic nitrogens is 1. The van der Waals surface area contributed by atoms with E-state index < -0.39 is 6.10 Å². The lowest BCUT2D eigenvalue weighted by Crippen LogP contribution is -2.31. The molecule has 2 unspecified atom stereocenters. The van der Waals surface area contributed by atoms with Crippen LogP contribution in [0.2, 0.25) is 0 Å². The first-order valence-corrected chi connectivity index (χ1v) is 6.54. The summed E-state index contributed by atoms with van der Waals surface area (Å²) < 4.78 is 0. The zero-order valence-electron chi connectivity index (χ0n) is 11.4. The summed E-state index contributed by atoms with van der Waals surface area (Å²) in [4.78, 5) is 4.07. The minimum Gasteiger partial charge on any atom is -0.387 e. The zero-order valence-corrected chi connectivity index (χ0v) is 11.4. The van der Waals surface area contributed by atoms with Crippen molar-refractivity contribution in [3.63, 3.8) is 0 Å². The van der Waals surface area contributed by atoms with Crippen LogP contribution < -0.4 is 5.32 Å². The molecule has 1 aromatic carbocycles. The lowest BCUT2D eigenvalue weighted by molar-refractivity contribution is 0.135. The van der Waals surface area contributed by atoms with Crippen molar-refractivity contribution < 1.29 is 5.11 Å². The zero-order chi connectivity index (χ0) is 13.7. The van der Waals surface area contributed by atoms with Crippen molar-refractivity contribution >= 4 is 0 Å². The first-order valence-electron chi connectivity index (χ1n) is 6.54. The van der Waals surface area contributed by atoms with Gasteiger partial charge in [-0.2, -0.15) is 0 Å². The average Bonchev–Trinajstić information content (AvgIpc) is 2.46. The second kappa shape index (κ2) is 6.45. The van der Waals surface area contributed by atoms with Crippen LogP contribution in [0.5, 0.6) is 0 Å². The van der Waals surface area contributed by atoms with E-state index in [0.29, 0.717) is 6.54 Å². The number of hydrogen-bond acceptors (Lipinski definition) is 3. The molecule has 0 amide bonds. The van der Waals surface area contributed by atoms with E-state index in [0.717, 1.165) is 11.1 Å². The number of aliphatic hydroxyl groups is 1. The van der Waals surface area contributed by atoms with Gasteiger partial charge < -0.3 is 10.4 Å². The van der Waals surface area contributed by atoms with E-state index in [2.05, 4.69) is 10.3 Å². The van der Waals surface area contributed by atoms with Gasteiger partial charge in [0.15, 0.2) is 0 Å². The van der Waals surface area contributed by atoms with Gasteiger partial charge in [-0.15, -0.1) is 0 Å². The fourth-order valence-corrected chi connectivity index (χ4v) is 1.95. The number of nitrogens with one attached hydrogen (secondary N) is 1. The summed E-state index contributed by atoms with van der Waals surface area (Å²) in [5.74, 6) is 0. The highest BCUT2D eigenvalue weighted by molar-refractivity contribution is 5.24. The summed E-state index contributed by atoms with van der Waals surface area (Å²) in [5.41, 5.74) is 3.26. The van der Waals surface area contributed by atoms with E-state index in [1.165, 1.54) is 5.56 Å². The normalized spacial score (nSPS) is 14.1. The Morgan fingerprint density at radius 2 is 1.95 bits per heavy atom. The maximum Gasteiger partial charge on any atom is 0.0940 e. The first-order chi connectivity index (χ1) is 9.16. The van der Waals surface area contributed by atoms with E-state index in [1.54, 1.807) is 6.20 Å². The molecule has 1 heterocycles. The minimum atomic E-state index is -0.503. The quantitative estimate of drug-likeness (QED) is 0.864. The van der Waals surface area contributed by atoms with Crippen LogP contribution in [0.15, 0.2) is 48.8 Å². The summed E-state index contributed by atoms with van der Waals surface area (Å²) in [6, 6.07) is 11.9. The third-order valence-electron chi connectivity index (χ3n) is 3.24. The largest absolute Gasteiger partial charge is 0.387 e. The Kier molecular flexibility index (Phi) is 4.66. The number of aryl methyl sites for hydroxylation is 1. The van der Waals surface area contributed by atoms with Crippen LogP contribution >= 0.6 is 0 Å². The minimum absolute atomic E-state index is 0.0112.